The molecular formula is C21H21FN4O. The largest absolute Gasteiger partial charge is 0.316 e. The molecule has 27 heavy (non-hydrogen) atoms. The minimum atomic E-state index is -0.266. The van der Waals surface area contributed by atoms with Crippen molar-refractivity contribution in [3.63, 3.8) is 0 Å². The van der Waals surface area contributed by atoms with Gasteiger partial charge in [0.2, 0.25) is 5.91 Å². The van der Waals surface area contributed by atoms with Crippen LogP contribution in [0.2, 0.25) is 0 Å². The highest BCUT2D eigenvalue weighted by Gasteiger charge is 2.48. The molecule has 3 aromatic rings. The summed E-state index contributed by atoms with van der Waals surface area (Å²) in [6.07, 6.45) is 1.81. The number of nitrogens with zero attached hydrogens (tertiary/aromatic N) is 3. The zero-order valence-electron chi connectivity index (χ0n) is 15.2. The summed E-state index contributed by atoms with van der Waals surface area (Å²) in [5.41, 5.74) is 3.33. The third-order valence-electron chi connectivity index (χ3n) is 6.02. The van der Waals surface area contributed by atoms with Crippen molar-refractivity contribution in [1.82, 2.24) is 15.1 Å². The van der Waals surface area contributed by atoms with Crippen molar-refractivity contribution in [3.05, 3.63) is 48.3 Å². The molecule has 0 unspecified atom stereocenters. The Bertz CT molecular complexity index is 1030. The third-order valence-corrected chi connectivity index (χ3v) is 6.02. The number of anilines is 1. The molecular weight excluding hydrogens is 343 g/mol. The first kappa shape index (κ1) is 16.4. The Morgan fingerprint density at radius 2 is 1.96 bits per heavy atom. The van der Waals surface area contributed by atoms with Crippen LogP contribution in [0.4, 0.5) is 10.1 Å². The monoisotopic (exact) mass is 364 g/mol. The minimum Gasteiger partial charge on any atom is -0.316 e. The molecule has 138 valence electrons. The Kier molecular flexibility index (Phi) is 3.59. The quantitative estimate of drug-likeness (QED) is 0.760. The summed E-state index contributed by atoms with van der Waals surface area (Å²) in [4.78, 5) is 15.0. The molecule has 2 aliphatic rings. The molecule has 2 saturated heterocycles. The van der Waals surface area contributed by atoms with E-state index in [1.807, 2.05) is 34.8 Å². The molecule has 0 bridgehead atoms. The van der Waals surface area contributed by atoms with E-state index < -0.39 is 0 Å². The maximum Gasteiger partial charge on any atom is 0.234 e. The summed E-state index contributed by atoms with van der Waals surface area (Å²) in [5.74, 6) is -0.0446. The van der Waals surface area contributed by atoms with Crippen molar-refractivity contribution in [2.45, 2.75) is 12.8 Å². The number of aryl methyl sites for hydroxylation is 1. The van der Waals surface area contributed by atoms with Crippen LogP contribution in [0.3, 0.4) is 0 Å². The molecule has 2 aromatic carbocycles. The first-order chi connectivity index (χ1) is 13.1. The number of carbonyl (C=O) groups is 1. The second-order valence-corrected chi connectivity index (χ2v) is 7.59. The van der Waals surface area contributed by atoms with Crippen molar-refractivity contribution >= 4 is 22.5 Å². The molecule has 1 aromatic heterocycles. The topological polar surface area (TPSA) is 50.2 Å². The van der Waals surface area contributed by atoms with Gasteiger partial charge in [-0.15, -0.1) is 0 Å². The van der Waals surface area contributed by atoms with E-state index in [2.05, 4.69) is 10.4 Å². The molecule has 3 heterocycles. The van der Waals surface area contributed by atoms with Gasteiger partial charge in [0.1, 0.15) is 11.5 Å². The van der Waals surface area contributed by atoms with Crippen LogP contribution in [-0.2, 0) is 11.8 Å². The second-order valence-electron chi connectivity index (χ2n) is 7.59. The number of benzene rings is 2. The van der Waals surface area contributed by atoms with E-state index in [1.165, 1.54) is 12.1 Å². The van der Waals surface area contributed by atoms with Crippen molar-refractivity contribution in [2.24, 2.45) is 12.5 Å². The summed E-state index contributed by atoms with van der Waals surface area (Å²) in [5, 5.41) is 8.93. The molecule has 0 aliphatic carbocycles. The molecule has 0 radical (unpaired) electrons. The minimum absolute atomic E-state index is 0.221. The maximum absolute atomic E-state index is 13.3. The van der Waals surface area contributed by atoms with E-state index in [0.29, 0.717) is 0 Å². The Morgan fingerprint density at radius 3 is 2.70 bits per heavy atom. The molecule has 5 nitrogen and oxygen atoms in total. The number of nitrogens with one attached hydrogen (secondary N) is 1. The fourth-order valence-corrected chi connectivity index (χ4v) is 4.45. The Balaban J connectivity index is 1.58. The lowest BCUT2D eigenvalue weighted by molar-refractivity contribution is -0.124. The van der Waals surface area contributed by atoms with E-state index in [4.69, 9.17) is 0 Å². The fourth-order valence-electron chi connectivity index (χ4n) is 4.45. The van der Waals surface area contributed by atoms with Crippen molar-refractivity contribution < 1.29 is 9.18 Å². The Hall–Kier alpha value is -2.73. The van der Waals surface area contributed by atoms with Gasteiger partial charge in [0.15, 0.2) is 0 Å². The lowest BCUT2D eigenvalue weighted by atomic mass is 9.86. The molecule has 1 spiro atoms. The van der Waals surface area contributed by atoms with Gasteiger partial charge < -0.3 is 10.2 Å². The predicted octanol–water partition coefficient (Wildman–Crippen LogP) is 3.10. The molecule has 2 aliphatic heterocycles. The lowest BCUT2D eigenvalue weighted by Gasteiger charge is -2.22. The summed E-state index contributed by atoms with van der Waals surface area (Å²) in [6.45, 7) is 2.44. The second kappa shape index (κ2) is 5.89. The number of halogens is 1. The van der Waals surface area contributed by atoms with E-state index in [-0.39, 0.29) is 17.1 Å². The van der Waals surface area contributed by atoms with Crippen LogP contribution in [0.5, 0.6) is 0 Å². The van der Waals surface area contributed by atoms with Gasteiger partial charge in [-0.25, -0.2) is 4.39 Å². The van der Waals surface area contributed by atoms with E-state index in [9.17, 15) is 9.18 Å². The summed E-state index contributed by atoms with van der Waals surface area (Å²) >= 11 is 0. The first-order valence-corrected chi connectivity index (χ1v) is 9.33. The van der Waals surface area contributed by atoms with Crippen LogP contribution < -0.4 is 10.2 Å². The van der Waals surface area contributed by atoms with Crippen LogP contribution in [0.15, 0.2) is 42.5 Å². The maximum atomic E-state index is 13.3. The SMILES string of the molecule is Cn1nc(-c2ccc(F)cc2)c2cc(N3CC[C@]4(CCNC4)C3=O)ccc21. The van der Waals surface area contributed by atoms with Gasteiger partial charge in [0.25, 0.3) is 0 Å². The molecule has 2 fully saturated rings. The number of carbonyl (C=O) groups excluding carboxylic acids is 1. The Morgan fingerprint density at radius 1 is 1.15 bits per heavy atom. The average Bonchev–Trinajstić information content (AvgIpc) is 3.36. The number of rotatable bonds is 2. The van der Waals surface area contributed by atoms with Gasteiger partial charge in [-0.1, -0.05) is 0 Å². The molecule has 1 amide bonds. The van der Waals surface area contributed by atoms with Crippen LogP contribution in [0.1, 0.15) is 12.8 Å². The average molecular weight is 364 g/mol. The molecule has 1 N–H and O–H groups in total. The molecule has 1 atom stereocenters. The summed E-state index contributed by atoms with van der Waals surface area (Å²) < 4.78 is 15.1. The molecule has 6 heteroatoms. The van der Waals surface area contributed by atoms with Crippen LogP contribution >= 0.6 is 0 Å². The van der Waals surface area contributed by atoms with Crippen molar-refractivity contribution in [2.75, 3.05) is 24.5 Å². The van der Waals surface area contributed by atoms with Crippen LogP contribution in [-0.4, -0.2) is 35.3 Å². The predicted molar refractivity (Wildman–Crippen MR) is 103 cm³/mol. The zero-order chi connectivity index (χ0) is 18.6. The number of hydrogen-bond donors (Lipinski definition) is 1. The van der Waals surface area contributed by atoms with Crippen LogP contribution in [0, 0.1) is 11.2 Å². The van der Waals surface area contributed by atoms with Crippen LogP contribution in [0.25, 0.3) is 22.2 Å². The Labute approximate surface area is 156 Å². The number of fused-ring (bicyclic) bond motifs is 1. The van der Waals surface area contributed by atoms with Crippen molar-refractivity contribution in [3.8, 4) is 11.3 Å². The molecule has 5 rings (SSSR count). The number of amides is 1. The summed E-state index contributed by atoms with van der Waals surface area (Å²) in [7, 11) is 1.90. The third kappa shape index (κ3) is 2.47. The van der Waals surface area contributed by atoms with E-state index in [0.717, 1.165) is 60.3 Å². The van der Waals surface area contributed by atoms with Gasteiger partial charge in [-0.3, -0.25) is 9.48 Å². The van der Waals surface area contributed by atoms with Gasteiger partial charge in [0, 0.05) is 36.8 Å². The van der Waals surface area contributed by atoms with Crippen molar-refractivity contribution in [1.29, 1.82) is 0 Å². The summed E-state index contributed by atoms with van der Waals surface area (Å²) in [6, 6.07) is 12.4. The van der Waals surface area contributed by atoms with Gasteiger partial charge in [0.05, 0.1) is 10.9 Å². The molecule has 0 saturated carbocycles. The fraction of sp³-hybridized carbons (Fsp3) is 0.333. The van der Waals surface area contributed by atoms with Gasteiger partial charge >= 0.3 is 0 Å². The smallest absolute Gasteiger partial charge is 0.234 e. The standard InChI is InChI=1S/C21H21FN4O/c1-25-18-7-6-16(26-11-9-21(20(26)27)8-10-23-13-21)12-17(18)19(24-25)14-2-4-15(22)5-3-14/h2-7,12,23H,8-11,13H2,1H3/t21-/m0/s1. The first-order valence-electron chi connectivity index (χ1n) is 9.33. The highest BCUT2D eigenvalue weighted by molar-refractivity contribution is 6.03. The highest BCUT2D eigenvalue weighted by atomic mass is 19.1. The lowest BCUT2D eigenvalue weighted by Crippen LogP contribution is -2.36. The number of aromatic nitrogens is 2. The van der Waals surface area contributed by atoms with E-state index >= 15 is 0 Å². The normalized spacial score (nSPS) is 22.4. The van der Waals surface area contributed by atoms with Gasteiger partial charge in [-0.2, -0.15) is 5.10 Å². The van der Waals surface area contributed by atoms with Gasteiger partial charge in [-0.05, 0) is 61.9 Å². The highest BCUT2D eigenvalue weighted by Crippen LogP contribution is 2.40. The number of hydrogen-bond acceptors (Lipinski definition) is 3. The van der Waals surface area contributed by atoms with E-state index in [1.54, 1.807) is 12.1 Å². The zero-order valence-corrected chi connectivity index (χ0v) is 15.2.